The highest BCUT2D eigenvalue weighted by Gasteiger charge is 2.33. The van der Waals surface area contributed by atoms with Crippen molar-refractivity contribution >= 4 is 33.0 Å². The van der Waals surface area contributed by atoms with Gasteiger partial charge in [0.1, 0.15) is 0 Å². The van der Waals surface area contributed by atoms with Crippen LogP contribution in [0, 0.1) is 5.82 Å². The molecule has 1 saturated carbocycles. The molecule has 2 aliphatic carbocycles. The van der Waals surface area contributed by atoms with E-state index < -0.39 is 27.4 Å². The molecule has 31 heavy (non-hydrogen) atoms. The summed E-state index contributed by atoms with van der Waals surface area (Å²) in [5.74, 6) is -0.488. The van der Waals surface area contributed by atoms with E-state index in [1.807, 2.05) is 6.92 Å². The lowest BCUT2D eigenvalue weighted by molar-refractivity contribution is 0.0823. The summed E-state index contributed by atoms with van der Waals surface area (Å²) in [6, 6.07) is 0.211. The Morgan fingerprint density at radius 2 is 2.16 bits per heavy atom. The Kier molecular flexibility index (Phi) is 5.70. The Labute approximate surface area is 185 Å². The maximum Gasteiger partial charge on any atom is 0.354 e. The molecule has 4 rings (SSSR count). The number of fused-ring (bicyclic) bond motifs is 1. The number of aromatic nitrogens is 1. The van der Waals surface area contributed by atoms with Crippen LogP contribution in [0.15, 0.2) is 14.6 Å². The van der Waals surface area contributed by atoms with E-state index in [9.17, 15) is 18.5 Å². The van der Waals surface area contributed by atoms with E-state index in [4.69, 9.17) is 10.1 Å². The minimum atomic E-state index is -3.82. The molecule has 0 spiro atoms. The van der Waals surface area contributed by atoms with Gasteiger partial charge in [0.2, 0.25) is 0 Å². The SMILES string of the molecule is CCc1nc2c(c(NC(=O)N=S(N)(=O)c3sc(C(C)(C)O)cc3F)c1C1CC1)CCC2. The highest BCUT2D eigenvalue weighted by atomic mass is 32.2. The molecule has 1 atom stereocenters. The highest BCUT2D eigenvalue weighted by molar-refractivity contribution is 7.93. The fourth-order valence-electron chi connectivity index (χ4n) is 4.02. The van der Waals surface area contributed by atoms with Crippen LogP contribution < -0.4 is 10.5 Å². The quantitative estimate of drug-likeness (QED) is 0.606. The summed E-state index contributed by atoms with van der Waals surface area (Å²) in [5.41, 5.74) is 3.42. The standard InChI is InChI=1S/C21H27FN4O3S2/c1-4-14-17(11-8-9-11)18(12-6-5-7-15(12)24-14)25-20(27)26-31(23,29)19-13(22)10-16(30-19)21(2,3)28/h10-11,28H,4-9H2,1-3H3,(H3,23,24,25,26,27,29). The van der Waals surface area contributed by atoms with Crippen LogP contribution in [0.2, 0.25) is 0 Å². The second-order valence-corrected chi connectivity index (χ2v) is 11.7. The van der Waals surface area contributed by atoms with E-state index in [2.05, 4.69) is 9.68 Å². The third-order valence-corrected chi connectivity index (χ3v) is 8.98. The molecule has 2 heterocycles. The molecule has 0 radical (unpaired) electrons. The molecule has 0 aromatic carbocycles. The Balaban J connectivity index is 1.71. The lowest BCUT2D eigenvalue weighted by atomic mass is 9.99. The minimum absolute atomic E-state index is 0.254. The van der Waals surface area contributed by atoms with Crippen LogP contribution in [0.4, 0.5) is 14.9 Å². The van der Waals surface area contributed by atoms with Gasteiger partial charge in [-0.05, 0) is 69.9 Å². The molecule has 1 fully saturated rings. The summed E-state index contributed by atoms with van der Waals surface area (Å²) in [6.45, 7) is 5.01. The summed E-state index contributed by atoms with van der Waals surface area (Å²) < 4.78 is 30.7. The lowest BCUT2D eigenvalue weighted by Gasteiger charge is -2.18. The summed E-state index contributed by atoms with van der Waals surface area (Å²) in [6.07, 6.45) is 5.48. The normalized spacial score (nSPS) is 17.9. The third-order valence-electron chi connectivity index (χ3n) is 5.64. The molecule has 0 saturated heterocycles. The smallest absolute Gasteiger partial charge is 0.354 e. The van der Waals surface area contributed by atoms with Crippen LogP contribution in [0.3, 0.4) is 0 Å². The van der Waals surface area contributed by atoms with Crippen LogP contribution in [-0.4, -0.2) is 20.3 Å². The Morgan fingerprint density at radius 3 is 2.74 bits per heavy atom. The molecule has 2 aliphatic rings. The van der Waals surface area contributed by atoms with E-state index in [0.29, 0.717) is 5.92 Å². The maximum atomic E-state index is 14.4. The average Bonchev–Trinajstić information content (AvgIpc) is 3.22. The zero-order valence-corrected chi connectivity index (χ0v) is 19.5. The van der Waals surface area contributed by atoms with Gasteiger partial charge in [0.05, 0.1) is 11.3 Å². The van der Waals surface area contributed by atoms with Gasteiger partial charge in [0, 0.05) is 21.8 Å². The van der Waals surface area contributed by atoms with Gasteiger partial charge in [-0.2, -0.15) is 0 Å². The number of carbonyl (C=O) groups is 1. The number of aliphatic hydroxyl groups is 1. The lowest BCUT2D eigenvalue weighted by Crippen LogP contribution is -2.19. The number of aryl methyl sites for hydroxylation is 2. The van der Waals surface area contributed by atoms with Crippen molar-refractivity contribution in [3.05, 3.63) is 39.3 Å². The highest BCUT2D eigenvalue weighted by Crippen LogP contribution is 2.47. The van der Waals surface area contributed by atoms with Crippen LogP contribution in [-0.2, 0) is 34.8 Å². The Hall–Kier alpha value is -1.88. The van der Waals surface area contributed by atoms with Gasteiger partial charge in [0.15, 0.2) is 19.9 Å². The number of hydrogen-bond acceptors (Lipinski definition) is 5. The second-order valence-electron chi connectivity index (χ2n) is 8.65. The van der Waals surface area contributed by atoms with Crippen molar-refractivity contribution in [2.45, 2.75) is 75.0 Å². The molecule has 10 heteroatoms. The van der Waals surface area contributed by atoms with E-state index in [1.165, 1.54) is 13.8 Å². The van der Waals surface area contributed by atoms with Crippen molar-refractivity contribution in [3.63, 3.8) is 0 Å². The van der Waals surface area contributed by atoms with Crippen LogP contribution in [0.1, 0.15) is 73.3 Å². The number of amides is 2. The van der Waals surface area contributed by atoms with E-state index in [0.717, 1.165) is 84.1 Å². The van der Waals surface area contributed by atoms with Crippen molar-refractivity contribution in [2.24, 2.45) is 9.50 Å². The van der Waals surface area contributed by atoms with Gasteiger partial charge < -0.3 is 10.4 Å². The third kappa shape index (κ3) is 4.39. The molecule has 2 aromatic rings. The van der Waals surface area contributed by atoms with Crippen molar-refractivity contribution in [3.8, 4) is 0 Å². The first-order chi connectivity index (χ1) is 14.5. The molecular weight excluding hydrogens is 439 g/mol. The average molecular weight is 467 g/mol. The predicted molar refractivity (Wildman–Crippen MR) is 119 cm³/mol. The number of thiophene rings is 1. The predicted octanol–water partition coefficient (Wildman–Crippen LogP) is 4.37. The summed E-state index contributed by atoms with van der Waals surface area (Å²) in [7, 11) is -3.82. The number of anilines is 1. The monoisotopic (exact) mass is 466 g/mol. The van der Waals surface area contributed by atoms with Gasteiger partial charge in [-0.25, -0.2) is 18.5 Å². The summed E-state index contributed by atoms with van der Waals surface area (Å²) in [5, 5.41) is 18.7. The molecule has 7 nitrogen and oxygen atoms in total. The number of rotatable bonds is 5. The number of nitrogens with two attached hydrogens (primary N) is 1. The van der Waals surface area contributed by atoms with Gasteiger partial charge >= 0.3 is 6.03 Å². The number of urea groups is 1. The molecule has 0 aliphatic heterocycles. The van der Waals surface area contributed by atoms with E-state index in [-0.39, 0.29) is 9.09 Å². The Bertz CT molecular complexity index is 1170. The molecule has 168 valence electrons. The van der Waals surface area contributed by atoms with Gasteiger partial charge in [-0.15, -0.1) is 15.7 Å². The van der Waals surface area contributed by atoms with Gasteiger partial charge in [-0.1, -0.05) is 6.92 Å². The molecule has 1 unspecified atom stereocenters. The summed E-state index contributed by atoms with van der Waals surface area (Å²) >= 11 is 0.757. The minimum Gasteiger partial charge on any atom is -0.385 e. The van der Waals surface area contributed by atoms with Crippen molar-refractivity contribution in [1.29, 1.82) is 0 Å². The number of nitrogens with zero attached hydrogens (tertiary/aromatic N) is 2. The first-order valence-electron chi connectivity index (χ1n) is 10.4. The number of hydrogen-bond donors (Lipinski definition) is 3. The number of halogens is 1. The molecule has 4 N–H and O–H groups in total. The van der Waals surface area contributed by atoms with Gasteiger partial charge in [0.25, 0.3) is 0 Å². The van der Waals surface area contributed by atoms with Crippen molar-refractivity contribution in [2.75, 3.05) is 5.32 Å². The fourth-order valence-corrected chi connectivity index (χ4v) is 6.36. The number of carbonyl (C=O) groups excluding carboxylic acids is 1. The molecule has 2 amide bonds. The van der Waals surface area contributed by atoms with Gasteiger partial charge in [-0.3, -0.25) is 4.98 Å². The van der Waals surface area contributed by atoms with E-state index >= 15 is 0 Å². The second kappa shape index (κ2) is 7.91. The first-order valence-corrected chi connectivity index (χ1v) is 12.8. The van der Waals surface area contributed by atoms with Crippen molar-refractivity contribution in [1.82, 2.24) is 4.98 Å². The molecular formula is C21H27FN4O3S2. The zero-order valence-electron chi connectivity index (χ0n) is 17.8. The first kappa shape index (κ1) is 22.3. The largest absolute Gasteiger partial charge is 0.385 e. The van der Waals surface area contributed by atoms with E-state index in [1.54, 1.807) is 0 Å². The fraction of sp³-hybridized carbons (Fsp3) is 0.524. The molecule has 2 aromatic heterocycles. The van der Waals surface area contributed by atoms with Crippen LogP contribution >= 0.6 is 11.3 Å². The molecule has 0 bridgehead atoms. The Morgan fingerprint density at radius 1 is 1.45 bits per heavy atom. The van der Waals surface area contributed by atoms with Crippen LogP contribution in [0.5, 0.6) is 0 Å². The maximum absolute atomic E-state index is 14.4. The summed E-state index contributed by atoms with van der Waals surface area (Å²) in [4.78, 5) is 17.9. The zero-order chi connectivity index (χ0) is 22.6. The van der Waals surface area contributed by atoms with Crippen molar-refractivity contribution < 1.29 is 18.5 Å². The number of nitrogens with one attached hydrogen (secondary N) is 1. The topological polar surface area (TPSA) is 118 Å². The van der Waals surface area contributed by atoms with Crippen LogP contribution in [0.25, 0.3) is 0 Å². The number of pyridine rings is 1.